The zero-order valence-electron chi connectivity index (χ0n) is 7.54. The van der Waals surface area contributed by atoms with Gasteiger partial charge in [0.1, 0.15) is 0 Å². The summed E-state index contributed by atoms with van der Waals surface area (Å²) in [5, 5.41) is 1.43. The number of hydrogen-bond donors (Lipinski definition) is 1. The quantitative estimate of drug-likeness (QED) is 0.677. The van der Waals surface area contributed by atoms with Gasteiger partial charge in [-0.2, -0.15) is 12.6 Å². The van der Waals surface area contributed by atoms with E-state index in [1.165, 1.54) is 5.06 Å². The van der Waals surface area contributed by atoms with Gasteiger partial charge in [0, 0.05) is 0 Å². The van der Waals surface area contributed by atoms with Crippen LogP contribution in [0.5, 0.6) is 0 Å². The number of amides is 1. The van der Waals surface area contributed by atoms with Crippen molar-refractivity contribution in [3.05, 3.63) is 0 Å². The van der Waals surface area contributed by atoms with Crippen LogP contribution in [-0.2, 0) is 9.63 Å². The average Bonchev–Trinajstić information content (AvgIpc) is 2.35. The Labute approximate surface area is 78.4 Å². The molecule has 1 saturated heterocycles. The maximum Gasteiger partial charge on any atom is 0.262 e. The second-order valence-corrected chi connectivity index (χ2v) is 3.82. The molecule has 3 nitrogen and oxygen atoms in total. The average molecular weight is 189 g/mol. The van der Waals surface area contributed by atoms with Crippen LogP contribution in [-0.4, -0.2) is 28.9 Å². The SMILES string of the molecule is CCON1CCC(S)(CC)C1=O. The van der Waals surface area contributed by atoms with Crippen LogP contribution in [0.2, 0.25) is 0 Å². The Kier molecular flexibility index (Phi) is 3.01. The summed E-state index contributed by atoms with van der Waals surface area (Å²) < 4.78 is -0.477. The Morgan fingerprint density at radius 1 is 1.67 bits per heavy atom. The lowest BCUT2D eigenvalue weighted by Gasteiger charge is -2.19. The maximum absolute atomic E-state index is 11.6. The van der Waals surface area contributed by atoms with Gasteiger partial charge < -0.3 is 0 Å². The number of hydroxylamine groups is 2. The van der Waals surface area contributed by atoms with E-state index in [1.54, 1.807) is 0 Å². The van der Waals surface area contributed by atoms with Crippen molar-refractivity contribution in [1.29, 1.82) is 0 Å². The second-order valence-electron chi connectivity index (χ2n) is 2.96. The number of rotatable bonds is 3. The fourth-order valence-corrected chi connectivity index (χ4v) is 1.55. The summed E-state index contributed by atoms with van der Waals surface area (Å²) in [6, 6.07) is 0. The Bertz CT molecular complexity index is 186. The molecule has 0 aromatic carbocycles. The molecule has 1 fully saturated rings. The third-order valence-electron chi connectivity index (χ3n) is 2.22. The van der Waals surface area contributed by atoms with Crippen molar-refractivity contribution in [2.75, 3.05) is 13.2 Å². The van der Waals surface area contributed by atoms with E-state index in [-0.39, 0.29) is 5.91 Å². The van der Waals surface area contributed by atoms with E-state index >= 15 is 0 Å². The number of hydrogen-bond acceptors (Lipinski definition) is 3. The first kappa shape index (κ1) is 9.86. The van der Waals surface area contributed by atoms with Gasteiger partial charge >= 0.3 is 0 Å². The largest absolute Gasteiger partial charge is 0.271 e. The van der Waals surface area contributed by atoms with Crippen molar-refractivity contribution in [1.82, 2.24) is 5.06 Å². The van der Waals surface area contributed by atoms with Gasteiger partial charge in [-0.3, -0.25) is 9.63 Å². The Balaban J connectivity index is 2.60. The molecule has 1 heterocycles. The fourth-order valence-electron chi connectivity index (χ4n) is 1.33. The molecule has 70 valence electrons. The van der Waals surface area contributed by atoms with Crippen LogP contribution < -0.4 is 0 Å². The van der Waals surface area contributed by atoms with E-state index in [4.69, 9.17) is 4.84 Å². The molecule has 0 radical (unpaired) electrons. The van der Waals surface area contributed by atoms with E-state index in [0.29, 0.717) is 13.2 Å². The van der Waals surface area contributed by atoms with E-state index in [1.807, 2.05) is 13.8 Å². The molecule has 1 amide bonds. The van der Waals surface area contributed by atoms with Crippen LogP contribution in [0.25, 0.3) is 0 Å². The molecule has 12 heavy (non-hydrogen) atoms. The zero-order chi connectivity index (χ0) is 9.19. The number of carbonyl (C=O) groups excluding carboxylic acids is 1. The molecule has 1 unspecified atom stereocenters. The Morgan fingerprint density at radius 3 is 2.75 bits per heavy atom. The lowest BCUT2D eigenvalue weighted by molar-refractivity contribution is -0.176. The lowest BCUT2D eigenvalue weighted by atomic mass is 10.0. The topological polar surface area (TPSA) is 29.5 Å². The highest BCUT2D eigenvalue weighted by molar-refractivity contribution is 7.82. The summed E-state index contributed by atoms with van der Waals surface area (Å²) in [5.41, 5.74) is 0. The smallest absolute Gasteiger partial charge is 0.262 e. The molecule has 0 bridgehead atoms. The first-order valence-corrected chi connectivity index (χ1v) is 4.76. The fraction of sp³-hybridized carbons (Fsp3) is 0.875. The van der Waals surface area contributed by atoms with E-state index in [0.717, 1.165) is 12.8 Å². The van der Waals surface area contributed by atoms with Crippen LogP contribution in [0.15, 0.2) is 0 Å². The summed E-state index contributed by atoms with van der Waals surface area (Å²) in [6.07, 6.45) is 1.55. The van der Waals surface area contributed by atoms with Crippen LogP contribution >= 0.6 is 12.6 Å². The van der Waals surface area contributed by atoms with Gasteiger partial charge in [-0.1, -0.05) is 6.92 Å². The molecule has 1 atom stereocenters. The van der Waals surface area contributed by atoms with Gasteiger partial charge in [-0.15, -0.1) is 0 Å². The van der Waals surface area contributed by atoms with Gasteiger partial charge in [-0.25, -0.2) is 5.06 Å². The Morgan fingerprint density at radius 2 is 2.33 bits per heavy atom. The first-order chi connectivity index (χ1) is 5.64. The molecular weight excluding hydrogens is 174 g/mol. The summed E-state index contributed by atoms with van der Waals surface area (Å²) in [7, 11) is 0. The van der Waals surface area contributed by atoms with Crippen molar-refractivity contribution in [2.24, 2.45) is 0 Å². The second kappa shape index (κ2) is 3.66. The summed E-state index contributed by atoms with van der Waals surface area (Å²) in [4.78, 5) is 16.7. The highest BCUT2D eigenvalue weighted by Gasteiger charge is 2.42. The molecule has 4 heteroatoms. The molecule has 0 aromatic heterocycles. The molecule has 1 rings (SSSR count). The minimum absolute atomic E-state index is 0.00943. The number of nitrogens with zero attached hydrogens (tertiary/aromatic N) is 1. The first-order valence-electron chi connectivity index (χ1n) is 4.31. The van der Waals surface area contributed by atoms with E-state index in [9.17, 15) is 4.79 Å². The van der Waals surface area contributed by atoms with Gasteiger partial charge in [0.25, 0.3) is 5.91 Å². The molecule has 0 N–H and O–H groups in total. The van der Waals surface area contributed by atoms with Gasteiger partial charge in [0.15, 0.2) is 0 Å². The summed E-state index contributed by atoms with van der Waals surface area (Å²) >= 11 is 4.36. The normalized spacial score (nSPS) is 29.9. The van der Waals surface area contributed by atoms with E-state index in [2.05, 4.69) is 12.6 Å². The summed E-state index contributed by atoms with van der Waals surface area (Å²) in [5.74, 6) is 0.00943. The minimum Gasteiger partial charge on any atom is -0.271 e. The van der Waals surface area contributed by atoms with E-state index < -0.39 is 4.75 Å². The molecule has 0 aromatic rings. The number of thiol groups is 1. The van der Waals surface area contributed by atoms with Crippen molar-refractivity contribution in [3.63, 3.8) is 0 Å². The monoisotopic (exact) mass is 189 g/mol. The van der Waals surface area contributed by atoms with Crippen LogP contribution in [0.1, 0.15) is 26.7 Å². The van der Waals surface area contributed by atoms with Crippen LogP contribution in [0.4, 0.5) is 0 Å². The van der Waals surface area contributed by atoms with Gasteiger partial charge in [0.05, 0.1) is 17.9 Å². The molecule has 0 spiro atoms. The van der Waals surface area contributed by atoms with Crippen molar-refractivity contribution >= 4 is 18.5 Å². The third kappa shape index (κ3) is 1.59. The van der Waals surface area contributed by atoms with Crippen molar-refractivity contribution < 1.29 is 9.63 Å². The van der Waals surface area contributed by atoms with Gasteiger partial charge in [0.2, 0.25) is 0 Å². The van der Waals surface area contributed by atoms with Crippen molar-refractivity contribution in [3.8, 4) is 0 Å². The lowest BCUT2D eigenvalue weighted by Crippen LogP contribution is -2.35. The molecule has 0 aliphatic carbocycles. The summed E-state index contributed by atoms with van der Waals surface area (Å²) in [6.45, 7) is 5.06. The molecule has 0 saturated carbocycles. The van der Waals surface area contributed by atoms with Crippen molar-refractivity contribution in [2.45, 2.75) is 31.4 Å². The maximum atomic E-state index is 11.6. The standard InChI is InChI=1S/C8H15NO2S/c1-3-8(12)5-6-9(7(8)10)11-4-2/h12H,3-6H2,1-2H3. The predicted octanol–water partition coefficient (Wildman–Crippen LogP) is 1.25. The highest BCUT2D eigenvalue weighted by atomic mass is 32.1. The zero-order valence-corrected chi connectivity index (χ0v) is 8.43. The molecule has 1 aliphatic rings. The Hall–Kier alpha value is -0.220. The van der Waals surface area contributed by atoms with Gasteiger partial charge in [-0.05, 0) is 19.8 Å². The minimum atomic E-state index is -0.477. The highest BCUT2D eigenvalue weighted by Crippen LogP contribution is 2.32. The predicted molar refractivity (Wildman–Crippen MR) is 50.0 cm³/mol. The molecular formula is C8H15NO2S. The van der Waals surface area contributed by atoms with Crippen LogP contribution in [0.3, 0.4) is 0 Å². The molecule has 1 aliphatic heterocycles. The third-order valence-corrected chi connectivity index (χ3v) is 2.95. The van der Waals surface area contributed by atoms with Crippen LogP contribution in [0, 0.1) is 0 Å². The number of carbonyl (C=O) groups is 1.